The summed E-state index contributed by atoms with van der Waals surface area (Å²) < 4.78 is 10.7. The number of nitrogens with one attached hydrogen (secondary N) is 1. The van der Waals surface area contributed by atoms with Crippen molar-refractivity contribution in [1.82, 2.24) is 25.4 Å². The van der Waals surface area contributed by atoms with Crippen LogP contribution < -0.4 is 5.32 Å². The molecule has 0 atom stereocenters. The van der Waals surface area contributed by atoms with E-state index in [4.69, 9.17) is 9.26 Å². The molecular formula is C20H27N5O3S2. The van der Waals surface area contributed by atoms with Crippen molar-refractivity contribution in [3.05, 3.63) is 28.0 Å². The van der Waals surface area contributed by atoms with Gasteiger partial charge in [-0.05, 0) is 61.0 Å². The maximum atomic E-state index is 12.1. The molecule has 0 saturated carbocycles. The van der Waals surface area contributed by atoms with Crippen molar-refractivity contribution in [2.75, 3.05) is 0 Å². The summed E-state index contributed by atoms with van der Waals surface area (Å²) in [5.41, 5.74) is -0.223. The van der Waals surface area contributed by atoms with Crippen LogP contribution in [0.4, 0.5) is 4.79 Å². The number of aryl methyl sites for hydroxylation is 3. The van der Waals surface area contributed by atoms with Gasteiger partial charge < -0.3 is 14.6 Å². The fraction of sp³-hybridized carbons (Fsp3) is 0.550. The molecule has 0 unspecified atom stereocenters. The highest BCUT2D eigenvalue weighted by Gasteiger charge is 2.31. The van der Waals surface area contributed by atoms with Crippen LogP contribution >= 0.6 is 23.1 Å². The van der Waals surface area contributed by atoms with E-state index in [2.05, 4.69) is 39.3 Å². The molecule has 0 aliphatic carbocycles. The average Bonchev–Trinajstić information content (AvgIpc) is 3.16. The summed E-state index contributed by atoms with van der Waals surface area (Å²) in [5, 5.41) is 8.83. The third-order valence-electron chi connectivity index (χ3n) is 4.28. The van der Waals surface area contributed by atoms with Crippen LogP contribution in [0, 0.1) is 20.8 Å². The highest BCUT2D eigenvalue weighted by Crippen LogP contribution is 2.36. The number of ether oxygens (including phenoxy) is 1. The number of aromatic nitrogens is 4. The summed E-state index contributed by atoms with van der Waals surface area (Å²) in [6.07, 6.45) is -0.532. The van der Waals surface area contributed by atoms with Crippen LogP contribution in [0.25, 0.3) is 10.2 Å². The Morgan fingerprint density at radius 3 is 2.50 bits per heavy atom. The van der Waals surface area contributed by atoms with Gasteiger partial charge in [0.15, 0.2) is 5.82 Å². The average molecular weight is 450 g/mol. The van der Waals surface area contributed by atoms with Gasteiger partial charge in [-0.2, -0.15) is 4.98 Å². The molecule has 0 spiro atoms. The first kappa shape index (κ1) is 22.5. The molecule has 1 amide bonds. The van der Waals surface area contributed by atoms with Crippen molar-refractivity contribution in [1.29, 1.82) is 0 Å². The molecule has 0 bridgehead atoms. The van der Waals surface area contributed by atoms with E-state index in [1.807, 2.05) is 27.7 Å². The third-order valence-corrected chi connectivity index (χ3v) is 6.34. The topological polar surface area (TPSA) is 103 Å². The van der Waals surface area contributed by atoms with Gasteiger partial charge in [-0.1, -0.05) is 16.9 Å². The predicted octanol–water partition coefficient (Wildman–Crippen LogP) is 5.05. The van der Waals surface area contributed by atoms with Gasteiger partial charge in [-0.3, -0.25) is 0 Å². The number of carbonyl (C=O) groups is 1. The molecule has 10 heteroatoms. The Morgan fingerprint density at radius 1 is 1.13 bits per heavy atom. The molecule has 0 saturated heterocycles. The van der Waals surface area contributed by atoms with Crippen molar-refractivity contribution in [2.45, 2.75) is 77.3 Å². The normalized spacial score (nSPS) is 12.4. The van der Waals surface area contributed by atoms with Crippen LogP contribution in [0.1, 0.15) is 62.6 Å². The second kappa shape index (κ2) is 8.14. The Bertz CT molecular complexity index is 1080. The fourth-order valence-corrected chi connectivity index (χ4v) is 4.84. The Labute approximate surface area is 184 Å². The summed E-state index contributed by atoms with van der Waals surface area (Å²) in [6, 6.07) is 0. The molecular weight excluding hydrogens is 422 g/mol. The molecule has 0 aromatic carbocycles. The van der Waals surface area contributed by atoms with E-state index in [1.165, 1.54) is 22.2 Å². The van der Waals surface area contributed by atoms with Gasteiger partial charge in [0.1, 0.15) is 26.8 Å². The molecule has 0 aliphatic heterocycles. The molecule has 0 aliphatic rings. The lowest BCUT2D eigenvalue weighted by molar-refractivity contribution is 0.0465. The maximum absolute atomic E-state index is 12.1. The molecule has 1 N–H and O–H groups in total. The van der Waals surface area contributed by atoms with E-state index in [9.17, 15) is 4.79 Å². The summed E-state index contributed by atoms with van der Waals surface area (Å²) in [6.45, 7) is 15.1. The standard InChI is InChI=1S/C20H27N5O3S2/c1-10-11(2)30-16-14(10)15(21-12(3)22-16)29-9-13-23-17(25-28-13)20(7,8)24-18(26)27-19(4,5)6/h9H2,1-8H3,(H,24,26). The van der Waals surface area contributed by atoms with Crippen LogP contribution in [0.2, 0.25) is 0 Å². The van der Waals surface area contributed by atoms with Crippen molar-refractivity contribution in [3.63, 3.8) is 0 Å². The van der Waals surface area contributed by atoms with Crippen LogP contribution in [0.5, 0.6) is 0 Å². The molecule has 0 fully saturated rings. The molecule has 3 aromatic heterocycles. The molecule has 3 rings (SSSR count). The monoisotopic (exact) mass is 449 g/mol. The van der Waals surface area contributed by atoms with Crippen LogP contribution in [-0.4, -0.2) is 31.8 Å². The van der Waals surface area contributed by atoms with E-state index < -0.39 is 17.2 Å². The molecule has 162 valence electrons. The number of amides is 1. The van der Waals surface area contributed by atoms with Crippen LogP contribution in [0.3, 0.4) is 0 Å². The Hall–Kier alpha value is -2.20. The third kappa shape index (κ3) is 5.10. The zero-order chi connectivity index (χ0) is 22.3. The highest BCUT2D eigenvalue weighted by molar-refractivity contribution is 7.98. The van der Waals surface area contributed by atoms with Gasteiger partial charge in [-0.25, -0.2) is 14.8 Å². The smallest absolute Gasteiger partial charge is 0.408 e. The second-order valence-electron chi connectivity index (χ2n) is 8.59. The zero-order valence-electron chi connectivity index (χ0n) is 18.5. The molecule has 3 aromatic rings. The number of fused-ring (bicyclic) bond motifs is 1. The SMILES string of the molecule is Cc1nc(SCc2nc(C(C)(C)NC(=O)OC(C)(C)C)no2)c2c(C)c(C)sc2n1. The minimum Gasteiger partial charge on any atom is -0.444 e. The minimum absolute atomic E-state index is 0.385. The van der Waals surface area contributed by atoms with Crippen LogP contribution in [0.15, 0.2) is 9.55 Å². The van der Waals surface area contributed by atoms with E-state index in [0.717, 1.165) is 21.1 Å². The quantitative estimate of drug-likeness (QED) is 0.426. The molecule has 3 heterocycles. The van der Waals surface area contributed by atoms with Crippen LogP contribution in [-0.2, 0) is 16.0 Å². The first-order chi connectivity index (χ1) is 13.9. The fourth-order valence-electron chi connectivity index (χ4n) is 2.73. The molecule has 8 nitrogen and oxygen atoms in total. The molecule has 0 radical (unpaired) electrons. The van der Waals surface area contributed by atoms with Crippen molar-refractivity contribution in [3.8, 4) is 0 Å². The minimum atomic E-state index is -0.839. The van der Waals surface area contributed by atoms with E-state index in [0.29, 0.717) is 17.5 Å². The summed E-state index contributed by atoms with van der Waals surface area (Å²) >= 11 is 3.22. The van der Waals surface area contributed by atoms with Gasteiger partial charge in [0.2, 0.25) is 5.89 Å². The molecule has 30 heavy (non-hydrogen) atoms. The number of thiophene rings is 1. The van der Waals surface area contributed by atoms with Crippen molar-refractivity contribution >= 4 is 39.4 Å². The Morgan fingerprint density at radius 2 is 1.83 bits per heavy atom. The second-order valence-corrected chi connectivity index (χ2v) is 10.8. The summed E-state index contributed by atoms with van der Waals surface area (Å²) in [5.74, 6) is 2.05. The first-order valence-electron chi connectivity index (χ1n) is 9.57. The van der Waals surface area contributed by atoms with Gasteiger partial charge in [0.25, 0.3) is 0 Å². The van der Waals surface area contributed by atoms with E-state index >= 15 is 0 Å². The largest absolute Gasteiger partial charge is 0.444 e. The number of hydrogen-bond donors (Lipinski definition) is 1. The number of nitrogens with zero attached hydrogens (tertiary/aromatic N) is 4. The Kier molecular flexibility index (Phi) is 6.10. The Balaban J connectivity index is 1.73. The van der Waals surface area contributed by atoms with Gasteiger partial charge in [0.05, 0.1) is 5.75 Å². The highest BCUT2D eigenvalue weighted by atomic mass is 32.2. The van der Waals surface area contributed by atoms with Gasteiger partial charge in [0, 0.05) is 10.3 Å². The van der Waals surface area contributed by atoms with Gasteiger partial charge >= 0.3 is 6.09 Å². The lowest BCUT2D eigenvalue weighted by atomic mass is 10.1. The number of thioether (sulfide) groups is 1. The van der Waals surface area contributed by atoms with Gasteiger partial charge in [-0.15, -0.1) is 11.3 Å². The van der Waals surface area contributed by atoms with Crippen molar-refractivity contribution in [2.24, 2.45) is 0 Å². The summed E-state index contributed by atoms with van der Waals surface area (Å²) in [4.78, 5) is 28.0. The summed E-state index contributed by atoms with van der Waals surface area (Å²) in [7, 11) is 0. The number of hydrogen-bond acceptors (Lipinski definition) is 9. The maximum Gasteiger partial charge on any atom is 0.408 e. The number of rotatable bonds is 5. The number of carbonyl (C=O) groups excluding carboxylic acids is 1. The zero-order valence-corrected chi connectivity index (χ0v) is 20.2. The lowest BCUT2D eigenvalue weighted by Crippen LogP contribution is -2.44. The van der Waals surface area contributed by atoms with E-state index in [1.54, 1.807) is 25.2 Å². The number of alkyl carbamates (subject to hydrolysis) is 1. The predicted molar refractivity (Wildman–Crippen MR) is 118 cm³/mol. The van der Waals surface area contributed by atoms with E-state index in [-0.39, 0.29) is 0 Å². The van der Waals surface area contributed by atoms with Crippen molar-refractivity contribution < 1.29 is 14.1 Å². The lowest BCUT2D eigenvalue weighted by Gasteiger charge is -2.26. The first-order valence-corrected chi connectivity index (χ1v) is 11.4.